The molecule has 1 aromatic carbocycles. The molecule has 1 N–H and O–H groups in total. The number of piperidine rings is 3. The number of carbonyl (C=O) groups excluding carboxylic acids is 1. The SMILES string of the molecule is Cc1ccc(Br)c(NC(=O)OC2CN3CCC2CC3)c1. The standard InChI is InChI=1S/C15H19BrN2O2/c1-10-2-3-12(16)13(8-10)17-15(19)20-14-9-18-6-4-11(14)5-7-18/h2-3,8,11,14H,4-7,9H2,1H3,(H,17,19). The lowest BCUT2D eigenvalue weighted by Gasteiger charge is -2.43. The molecular weight excluding hydrogens is 320 g/mol. The van der Waals surface area contributed by atoms with Gasteiger partial charge in [0.1, 0.15) is 6.10 Å². The molecule has 0 saturated carbocycles. The van der Waals surface area contributed by atoms with Gasteiger partial charge in [0.2, 0.25) is 0 Å². The minimum atomic E-state index is -0.352. The number of fused-ring (bicyclic) bond motifs is 3. The fourth-order valence-corrected chi connectivity index (χ4v) is 3.40. The maximum Gasteiger partial charge on any atom is 0.411 e. The second-order valence-corrected chi connectivity index (χ2v) is 6.54. The molecule has 3 aliphatic heterocycles. The average Bonchev–Trinajstić information content (AvgIpc) is 2.44. The number of nitrogens with one attached hydrogen (secondary N) is 1. The van der Waals surface area contributed by atoms with Gasteiger partial charge in [0.15, 0.2) is 0 Å². The lowest BCUT2D eigenvalue weighted by molar-refractivity contribution is -0.0289. The van der Waals surface area contributed by atoms with Crippen molar-refractivity contribution >= 4 is 27.7 Å². The van der Waals surface area contributed by atoms with Gasteiger partial charge in [0, 0.05) is 11.0 Å². The number of halogens is 1. The van der Waals surface area contributed by atoms with Crippen LogP contribution in [-0.2, 0) is 4.74 Å². The van der Waals surface area contributed by atoms with E-state index in [1.165, 1.54) is 0 Å². The summed E-state index contributed by atoms with van der Waals surface area (Å²) in [6.45, 7) is 5.18. The van der Waals surface area contributed by atoms with Crippen LogP contribution < -0.4 is 5.32 Å². The van der Waals surface area contributed by atoms with Gasteiger partial charge in [0.25, 0.3) is 0 Å². The number of benzene rings is 1. The maximum atomic E-state index is 12.0. The predicted octanol–water partition coefficient (Wildman–Crippen LogP) is 3.40. The molecule has 1 amide bonds. The summed E-state index contributed by atoms with van der Waals surface area (Å²) >= 11 is 3.44. The highest BCUT2D eigenvalue weighted by Crippen LogP contribution is 2.30. The third kappa shape index (κ3) is 2.99. The third-order valence-corrected chi connectivity index (χ3v) is 4.90. The zero-order valence-corrected chi connectivity index (χ0v) is 13.1. The lowest BCUT2D eigenvalue weighted by atomic mass is 9.86. The first-order valence-electron chi connectivity index (χ1n) is 7.08. The van der Waals surface area contributed by atoms with Crippen LogP contribution in [0.4, 0.5) is 10.5 Å². The summed E-state index contributed by atoms with van der Waals surface area (Å²) < 4.78 is 6.48. The topological polar surface area (TPSA) is 41.6 Å². The predicted molar refractivity (Wildman–Crippen MR) is 81.9 cm³/mol. The molecule has 3 fully saturated rings. The van der Waals surface area contributed by atoms with E-state index in [-0.39, 0.29) is 12.2 Å². The van der Waals surface area contributed by atoms with Gasteiger partial charge in [-0.15, -0.1) is 0 Å². The van der Waals surface area contributed by atoms with Crippen molar-refractivity contribution in [2.45, 2.75) is 25.9 Å². The van der Waals surface area contributed by atoms with Crippen molar-refractivity contribution in [3.8, 4) is 0 Å². The quantitative estimate of drug-likeness (QED) is 0.898. The molecule has 108 valence electrons. The summed E-state index contributed by atoms with van der Waals surface area (Å²) in [6.07, 6.45) is 1.98. The second-order valence-electron chi connectivity index (χ2n) is 5.69. The molecule has 4 nitrogen and oxygen atoms in total. The van der Waals surface area contributed by atoms with Gasteiger partial charge in [-0.25, -0.2) is 4.79 Å². The van der Waals surface area contributed by atoms with E-state index in [4.69, 9.17) is 4.74 Å². The summed E-state index contributed by atoms with van der Waals surface area (Å²) in [6, 6.07) is 5.86. The van der Waals surface area contributed by atoms with Crippen LogP contribution in [0, 0.1) is 12.8 Å². The molecule has 0 aromatic heterocycles. The Hall–Kier alpha value is -1.07. The van der Waals surface area contributed by atoms with Crippen molar-refractivity contribution in [1.29, 1.82) is 0 Å². The van der Waals surface area contributed by atoms with Crippen LogP contribution in [0.2, 0.25) is 0 Å². The number of rotatable bonds is 2. The molecule has 0 spiro atoms. The highest BCUT2D eigenvalue weighted by molar-refractivity contribution is 9.10. The van der Waals surface area contributed by atoms with E-state index >= 15 is 0 Å². The number of nitrogens with zero attached hydrogens (tertiary/aromatic N) is 1. The van der Waals surface area contributed by atoms with Gasteiger partial charge in [-0.1, -0.05) is 6.07 Å². The number of amides is 1. The normalized spacial score (nSPS) is 28.2. The van der Waals surface area contributed by atoms with E-state index in [2.05, 4.69) is 26.1 Å². The van der Waals surface area contributed by atoms with Crippen molar-refractivity contribution in [2.24, 2.45) is 5.92 Å². The van der Waals surface area contributed by atoms with Gasteiger partial charge < -0.3 is 4.74 Å². The summed E-state index contributed by atoms with van der Waals surface area (Å²) in [5.74, 6) is 0.534. The van der Waals surface area contributed by atoms with E-state index in [9.17, 15) is 4.79 Å². The summed E-state index contributed by atoms with van der Waals surface area (Å²) in [7, 11) is 0. The summed E-state index contributed by atoms with van der Waals surface area (Å²) in [4.78, 5) is 14.4. The van der Waals surface area contributed by atoms with E-state index in [1.807, 2.05) is 25.1 Å². The molecule has 3 aliphatic rings. The number of aryl methyl sites for hydroxylation is 1. The lowest BCUT2D eigenvalue weighted by Crippen LogP contribution is -2.52. The van der Waals surface area contributed by atoms with Crippen LogP contribution in [0.3, 0.4) is 0 Å². The molecule has 1 unspecified atom stereocenters. The summed E-state index contributed by atoms with van der Waals surface area (Å²) in [5, 5.41) is 2.83. The molecule has 0 radical (unpaired) electrons. The van der Waals surface area contributed by atoms with Gasteiger partial charge in [-0.2, -0.15) is 0 Å². The largest absolute Gasteiger partial charge is 0.444 e. The van der Waals surface area contributed by atoms with Gasteiger partial charge in [-0.3, -0.25) is 10.2 Å². The Balaban J connectivity index is 1.61. The van der Waals surface area contributed by atoms with E-state index in [1.54, 1.807) is 0 Å². The number of ether oxygens (including phenoxy) is 1. The Morgan fingerprint density at radius 2 is 2.15 bits per heavy atom. The van der Waals surface area contributed by atoms with Crippen LogP contribution in [-0.4, -0.2) is 36.7 Å². The molecule has 1 aromatic rings. The molecule has 3 saturated heterocycles. The number of hydrogen-bond acceptors (Lipinski definition) is 3. The number of anilines is 1. The van der Waals surface area contributed by atoms with Gasteiger partial charge >= 0.3 is 6.09 Å². The Morgan fingerprint density at radius 1 is 1.40 bits per heavy atom. The highest BCUT2D eigenvalue weighted by Gasteiger charge is 2.36. The smallest absolute Gasteiger partial charge is 0.411 e. The fourth-order valence-electron chi connectivity index (χ4n) is 3.06. The van der Waals surface area contributed by atoms with Crippen LogP contribution >= 0.6 is 15.9 Å². The van der Waals surface area contributed by atoms with Crippen molar-refractivity contribution < 1.29 is 9.53 Å². The monoisotopic (exact) mass is 338 g/mol. The van der Waals surface area contributed by atoms with Gasteiger partial charge in [-0.05, 0) is 72.4 Å². The van der Waals surface area contributed by atoms with Crippen molar-refractivity contribution in [3.63, 3.8) is 0 Å². The second kappa shape index (κ2) is 5.74. The zero-order valence-electron chi connectivity index (χ0n) is 11.6. The molecular formula is C15H19BrN2O2. The van der Waals surface area contributed by atoms with Crippen LogP contribution in [0.1, 0.15) is 18.4 Å². The van der Waals surface area contributed by atoms with Gasteiger partial charge in [0.05, 0.1) is 5.69 Å². The Kier molecular flexibility index (Phi) is 3.98. The minimum absolute atomic E-state index is 0.0427. The Bertz CT molecular complexity index is 513. The number of carbonyl (C=O) groups is 1. The fraction of sp³-hybridized carbons (Fsp3) is 0.533. The van der Waals surface area contributed by atoms with E-state index in [0.29, 0.717) is 5.92 Å². The van der Waals surface area contributed by atoms with Crippen molar-refractivity contribution in [1.82, 2.24) is 4.90 Å². The molecule has 1 atom stereocenters. The van der Waals surface area contributed by atoms with E-state index < -0.39 is 0 Å². The Labute approximate surface area is 127 Å². The highest BCUT2D eigenvalue weighted by atomic mass is 79.9. The first-order valence-corrected chi connectivity index (χ1v) is 7.87. The first-order chi connectivity index (χ1) is 9.61. The molecule has 20 heavy (non-hydrogen) atoms. The molecule has 0 aliphatic carbocycles. The van der Waals surface area contributed by atoms with Crippen LogP contribution in [0.5, 0.6) is 0 Å². The summed E-state index contributed by atoms with van der Waals surface area (Å²) in [5.41, 5.74) is 1.86. The average molecular weight is 339 g/mol. The molecule has 3 heterocycles. The maximum absolute atomic E-state index is 12.0. The van der Waals surface area contributed by atoms with E-state index in [0.717, 1.165) is 48.2 Å². The molecule has 4 rings (SSSR count). The van der Waals surface area contributed by atoms with Crippen LogP contribution in [0.15, 0.2) is 22.7 Å². The molecule has 2 bridgehead atoms. The molecule has 5 heteroatoms. The minimum Gasteiger partial charge on any atom is -0.444 e. The van der Waals surface area contributed by atoms with Crippen molar-refractivity contribution in [3.05, 3.63) is 28.2 Å². The van der Waals surface area contributed by atoms with Crippen molar-refractivity contribution in [2.75, 3.05) is 25.0 Å². The first kappa shape index (κ1) is 13.9. The third-order valence-electron chi connectivity index (χ3n) is 4.21. The zero-order chi connectivity index (χ0) is 14.1. The Morgan fingerprint density at radius 3 is 2.80 bits per heavy atom. The van der Waals surface area contributed by atoms with Crippen LogP contribution in [0.25, 0.3) is 0 Å². The number of hydrogen-bond donors (Lipinski definition) is 1.